The number of nitrogens with zero attached hydrogens (tertiary/aromatic N) is 2. The number of pyridine rings is 2. The van der Waals surface area contributed by atoms with Gasteiger partial charge in [-0.2, -0.15) is 8.42 Å². The zero-order valence-electron chi connectivity index (χ0n) is 16.2. The molecule has 0 fully saturated rings. The molecule has 0 unspecified atom stereocenters. The Kier molecular flexibility index (Phi) is 5.86. The van der Waals surface area contributed by atoms with Crippen molar-refractivity contribution < 1.29 is 33.1 Å². The predicted molar refractivity (Wildman–Crippen MR) is 116 cm³/mol. The van der Waals surface area contributed by atoms with E-state index in [-0.39, 0.29) is 25.1 Å². The Morgan fingerprint density at radius 3 is 2.58 bits per heavy atom. The fraction of sp³-hybridized carbons (Fsp3) is 0.0833. The van der Waals surface area contributed by atoms with E-state index < -0.39 is 10.1 Å². The maximum absolute atomic E-state index is 10.3. The Morgan fingerprint density at radius 1 is 0.968 bits per heavy atom. The third-order valence-electron chi connectivity index (χ3n) is 5.34. The summed E-state index contributed by atoms with van der Waals surface area (Å²) in [6.45, 7) is 0. The van der Waals surface area contributed by atoms with Crippen LogP contribution in [0.1, 0.15) is 22.3 Å². The summed E-state index contributed by atoms with van der Waals surface area (Å²) in [6, 6.07) is 20.3. The van der Waals surface area contributed by atoms with E-state index in [1.54, 1.807) is 6.07 Å². The molecule has 0 bridgehead atoms. The number of rotatable bonds is 1. The Morgan fingerprint density at radius 2 is 1.84 bits per heavy atom. The van der Waals surface area contributed by atoms with E-state index in [0.29, 0.717) is 0 Å². The smallest absolute Gasteiger partial charge is 0.296 e. The minimum absolute atomic E-state index is 0. The van der Waals surface area contributed by atoms with E-state index in [9.17, 15) is 8.42 Å². The van der Waals surface area contributed by atoms with Crippen molar-refractivity contribution in [2.45, 2.75) is 17.9 Å². The van der Waals surface area contributed by atoms with E-state index >= 15 is 0 Å². The van der Waals surface area contributed by atoms with Crippen LogP contribution in [0.3, 0.4) is 0 Å². The zero-order chi connectivity index (χ0) is 20.7. The van der Waals surface area contributed by atoms with E-state index in [0.717, 1.165) is 24.1 Å². The second kappa shape index (κ2) is 8.44. The first-order valence-corrected chi connectivity index (χ1v) is 11.0. The van der Waals surface area contributed by atoms with Gasteiger partial charge in [0.15, 0.2) is 5.03 Å². The molecule has 0 aliphatic heterocycles. The van der Waals surface area contributed by atoms with Crippen molar-refractivity contribution in [2.75, 3.05) is 0 Å². The summed E-state index contributed by atoms with van der Waals surface area (Å²) in [5.41, 5.74) is 8.88. The SMILES string of the molecule is O=S(=O)(O)c1ccccn1.[Ir].[c-]1cccc2c1-c1nc3cccc4c3c(c1CC2)C=C4. The molecule has 0 atom stereocenters. The maximum Gasteiger partial charge on any atom is 0.312 e. The number of hydrogen-bond donors (Lipinski definition) is 1. The van der Waals surface area contributed by atoms with Crippen LogP contribution in [0.25, 0.3) is 34.3 Å². The van der Waals surface area contributed by atoms with Crippen LogP contribution in [0.5, 0.6) is 0 Å². The molecule has 157 valence electrons. The average molecular weight is 606 g/mol. The minimum Gasteiger partial charge on any atom is -0.296 e. The second-order valence-corrected chi connectivity index (χ2v) is 8.51. The van der Waals surface area contributed by atoms with Crippen molar-refractivity contribution in [3.8, 4) is 11.3 Å². The van der Waals surface area contributed by atoms with Gasteiger partial charge in [0, 0.05) is 31.7 Å². The normalized spacial score (nSPS) is 12.9. The van der Waals surface area contributed by atoms with Crippen molar-refractivity contribution in [3.63, 3.8) is 0 Å². The molecule has 0 saturated heterocycles. The van der Waals surface area contributed by atoms with E-state index in [2.05, 4.69) is 53.5 Å². The molecular formula is C24H17IrN2O3S-. The van der Waals surface area contributed by atoms with Gasteiger partial charge in [-0.15, -0.1) is 35.4 Å². The fourth-order valence-corrected chi connectivity index (χ4v) is 4.47. The van der Waals surface area contributed by atoms with Gasteiger partial charge in [0.25, 0.3) is 0 Å². The van der Waals surface area contributed by atoms with E-state index in [1.807, 2.05) is 6.07 Å². The molecule has 0 spiro atoms. The first kappa shape index (κ1) is 21.5. The van der Waals surface area contributed by atoms with Gasteiger partial charge < -0.3 is 0 Å². The van der Waals surface area contributed by atoms with Gasteiger partial charge in [0.05, 0.1) is 5.52 Å². The summed E-state index contributed by atoms with van der Waals surface area (Å²) in [6.07, 6.45) is 7.94. The molecule has 6 rings (SSSR count). The third kappa shape index (κ3) is 3.98. The van der Waals surface area contributed by atoms with Crippen LogP contribution in [0.15, 0.2) is 65.8 Å². The fourth-order valence-electron chi connectivity index (χ4n) is 4.03. The standard InChI is InChI=1S/C19H12N.C5H5NO3S.Ir/c1-2-6-14-12(4-1)8-11-16-15-10-9-13-5-3-7-17(18(13)15)20-19(14)16;7-10(8,9)5-3-1-2-4-6-5;/h1-5,7,9-10H,8,11H2;1-4H,(H,7,8,9);/q-1;;. The average Bonchev–Trinajstić information content (AvgIpc) is 3.20. The Balaban J connectivity index is 0.000000181. The van der Waals surface area contributed by atoms with Gasteiger partial charge in [0.2, 0.25) is 0 Å². The number of benzene rings is 2. The molecule has 0 amide bonds. The number of aryl methyl sites for hydroxylation is 1. The van der Waals surface area contributed by atoms with Gasteiger partial charge in [-0.25, -0.2) is 4.98 Å². The van der Waals surface area contributed by atoms with Crippen molar-refractivity contribution in [3.05, 3.63) is 89.1 Å². The molecule has 2 aliphatic carbocycles. The molecule has 5 nitrogen and oxygen atoms in total. The molecule has 2 heterocycles. The summed E-state index contributed by atoms with van der Waals surface area (Å²) in [5.74, 6) is 0. The summed E-state index contributed by atoms with van der Waals surface area (Å²) in [4.78, 5) is 8.36. The monoisotopic (exact) mass is 606 g/mol. The molecule has 1 N–H and O–H groups in total. The Labute approximate surface area is 194 Å². The molecule has 7 heteroatoms. The van der Waals surface area contributed by atoms with Crippen molar-refractivity contribution in [1.82, 2.24) is 9.97 Å². The van der Waals surface area contributed by atoms with Crippen molar-refractivity contribution in [2.24, 2.45) is 0 Å². The van der Waals surface area contributed by atoms with Crippen LogP contribution in [0, 0.1) is 6.07 Å². The van der Waals surface area contributed by atoms with Gasteiger partial charge in [-0.1, -0.05) is 42.3 Å². The summed E-state index contributed by atoms with van der Waals surface area (Å²) >= 11 is 0. The maximum atomic E-state index is 10.3. The molecule has 2 aromatic heterocycles. The van der Waals surface area contributed by atoms with Crippen LogP contribution in [0.2, 0.25) is 0 Å². The molecule has 1 radical (unpaired) electrons. The third-order valence-corrected chi connectivity index (χ3v) is 6.11. The first-order chi connectivity index (χ1) is 14.5. The van der Waals surface area contributed by atoms with Gasteiger partial charge in [-0.3, -0.25) is 9.54 Å². The van der Waals surface area contributed by atoms with Crippen molar-refractivity contribution >= 4 is 33.2 Å². The topological polar surface area (TPSA) is 80.2 Å². The summed E-state index contributed by atoms with van der Waals surface area (Å²) in [7, 11) is -4.11. The second-order valence-electron chi connectivity index (χ2n) is 7.14. The molecule has 4 aromatic rings. The molecule has 0 saturated carbocycles. The zero-order valence-corrected chi connectivity index (χ0v) is 19.5. The van der Waals surface area contributed by atoms with Gasteiger partial charge in [0.1, 0.15) is 0 Å². The van der Waals surface area contributed by atoms with Gasteiger partial charge in [-0.05, 0) is 41.4 Å². The summed E-state index contributed by atoms with van der Waals surface area (Å²) in [5, 5.41) is 1.00. The van der Waals surface area contributed by atoms with Crippen LogP contribution in [0.4, 0.5) is 0 Å². The predicted octanol–water partition coefficient (Wildman–Crippen LogP) is 4.61. The van der Waals surface area contributed by atoms with Crippen LogP contribution in [-0.2, 0) is 43.1 Å². The Hall–Kier alpha value is -2.70. The number of fused-ring (bicyclic) bond motifs is 4. The van der Waals surface area contributed by atoms with Gasteiger partial charge >= 0.3 is 10.1 Å². The van der Waals surface area contributed by atoms with Crippen LogP contribution >= 0.6 is 0 Å². The quantitative estimate of drug-likeness (QED) is 0.223. The van der Waals surface area contributed by atoms with E-state index in [1.165, 1.54) is 51.5 Å². The molecule has 31 heavy (non-hydrogen) atoms. The van der Waals surface area contributed by atoms with E-state index in [4.69, 9.17) is 9.54 Å². The molecular weight excluding hydrogens is 589 g/mol. The largest absolute Gasteiger partial charge is 0.312 e. The summed E-state index contributed by atoms with van der Waals surface area (Å²) < 4.78 is 29.1. The van der Waals surface area contributed by atoms with Crippen LogP contribution < -0.4 is 0 Å². The molecule has 2 aliphatic rings. The van der Waals surface area contributed by atoms with Crippen molar-refractivity contribution in [1.29, 1.82) is 0 Å². The number of hydrogen-bond acceptors (Lipinski definition) is 4. The minimum atomic E-state index is -4.11. The van der Waals surface area contributed by atoms with Crippen LogP contribution in [-0.4, -0.2) is 22.9 Å². The molecule has 2 aromatic carbocycles. The Bertz CT molecular complexity index is 1420. The number of aromatic nitrogens is 2. The first-order valence-electron chi connectivity index (χ1n) is 9.54.